The van der Waals surface area contributed by atoms with Crippen LogP contribution in [0.1, 0.15) is 87.5 Å². The Kier molecular flexibility index (Phi) is 32.6. The second-order valence-corrected chi connectivity index (χ2v) is 13.3. The number of carbonyl (C=O) groups is 4. The first kappa shape index (κ1) is 52.4. The van der Waals surface area contributed by atoms with Crippen LogP contribution < -0.4 is 10.6 Å². The summed E-state index contributed by atoms with van der Waals surface area (Å²) in [5.74, 6) is 1.22. The molecule has 5 unspecified atom stereocenters. The number of ether oxygens (including phenoxy) is 3. The van der Waals surface area contributed by atoms with Crippen LogP contribution in [0.25, 0.3) is 0 Å². The van der Waals surface area contributed by atoms with E-state index in [2.05, 4.69) is 73.7 Å². The van der Waals surface area contributed by atoms with Crippen molar-refractivity contribution in [1.82, 2.24) is 30.2 Å². The van der Waals surface area contributed by atoms with Crippen molar-refractivity contribution in [1.29, 1.82) is 0 Å². The molecule has 1 aliphatic rings. The van der Waals surface area contributed by atoms with Gasteiger partial charge >= 0.3 is 5.97 Å². The van der Waals surface area contributed by atoms with Gasteiger partial charge in [-0.2, -0.15) is 0 Å². The van der Waals surface area contributed by atoms with E-state index in [-0.39, 0.29) is 30.7 Å². The van der Waals surface area contributed by atoms with Crippen LogP contribution in [0.3, 0.4) is 0 Å². The SMILES string of the molecule is CCC.CCC(C)C(C(CC)OC)N(C)C(=O)CN=C(N(C)C)N(C)CCNC.COC(=O)[C@H](C)NC=O.COC(C(C)C)C1CCCN1C=O. The number of amides is 3. The third kappa shape index (κ3) is 21.2. The number of likely N-dealkylation sites (tertiary alicyclic amines) is 1. The number of hydrogen-bond acceptors (Lipinski definition) is 9. The zero-order valence-corrected chi connectivity index (χ0v) is 35.2. The molecule has 6 atom stereocenters. The molecule has 0 spiro atoms. The highest BCUT2D eigenvalue weighted by atomic mass is 16.5. The van der Waals surface area contributed by atoms with Crippen molar-refractivity contribution < 1.29 is 33.4 Å². The van der Waals surface area contributed by atoms with Crippen LogP contribution in [0, 0.1) is 11.8 Å². The van der Waals surface area contributed by atoms with E-state index in [4.69, 9.17) is 9.47 Å². The first-order valence-electron chi connectivity index (χ1n) is 18.5. The summed E-state index contributed by atoms with van der Waals surface area (Å²) < 4.78 is 15.4. The predicted octanol–water partition coefficient (Wildman–Crippen LogP) is 3.34. The molecule has 2 N–H and O–H groups in total. The maximum Gasteiger partial charge on any atom is 0.328 e. The van der Waals surface area contributed by atoms with Crippen molar-refractivity contribution in [3.05, 3.63) is 0 Å². The van der Waals surface area contributed by atoms with Gasteiger partial charge in [-0.3, -0.25) is 14.4 Å². The Balaban J connectivity index is -0.000000756. The molecule has 0 aliphatic carbocycles. The summed E-state index contributed by atoms with van der Waals surface area (Å²) in [6.07, 6.45) is 6.95. The van der Waals surface area contributed by atoms with Crippen molar-refractivity contribution in [2.24, 2.45) is 16.8 Å². The molecule has 0 aromatic rings. The molecule has 1 heterocycles. The lowest BCUT2D eigenvalue weighted by molar-refractivity contribution is -0.143. The van der Waals surface area contributed by atoms with Crippen molar-refractivity contribution in [2.45, 2.75) is 118 Å². The van der Waals surface area contributed by atoms with Gasteiger partial charge in [-0.15, -0.1) is 0 Å². The third-order valence-electron chi connectivity index (χ3n) is 8.61. The summed E-state index contributed by atoms with van der Waals surface area (Å²) in [7, 11) is 14.4. The van der Waals surface area contributed by atoms with Gasteiger partial charge in [-0.05, 0) is 45.1 Å². The lowest BCUT2D eigenvalue weighted by Gasteiger charge is -2.37. The molecule has 0 saturated carbocycles. The number of nitrogens with one attached hydrogen (secondary N) is 2. The molecular weight excluding hydrogens is 654 g/mol. The van der Waals surface area contributed by atoms with Crippen LogP contribution >= 0.6 is 0 Å². The van der Waals surface area contributed by atoms with E-state index in [1.165, 1.54) is 13.5 Å². The molecule has 1 rings (SSSR count). The van der Waals surface area contributed by atoms with Gasteiger partial charge in [0.25, 0.3) is 0 Å². The highest BCUT2D eigenvalue weighted by molar-refractivity contribution is 5.84. The molecule has 3 amide bonds. The molecule has 1 saturated heterocycles. The maximum absolute atomic E-state index is 12.8. The van der Waals surface area contributed by atoms with Gasteiger partial charge in [0.2, 0.25) is 18.7 Å². The van der Waals surface area contributed by atoms with Crippen LogP contribution in [0.2, 0.25) is 0 Å². The number of rotatable bonds is 18. The lowest BCUT2D eigenvalue weighted by Crippen LogP contribution is -2.50. The van der Waals surface area contributed by atoms with E-state index >= 15 is 0 Å². The van der Waals surface area contributed by atoms with Crippen molar-refractivity contribution in [3.8, 4) is 0 Å². The Bertz CT molecular complexity index is 935. The average molecular weight is 732 g/mol. The minimum absolute atomic E-state index is 0.0205. The Morgan fingerprint density at radius 3 is 1.94 bits per heavy atom. The van der Waals surface area contributed by atoms with Crippen molar-refractivity contribution in [3.63, 3.8) is 0 Å². The molecule has 14 heteroatoms. The zero-order valence-electron chi connectivity index (χ0n) is 35.2. The molecule has 1 aliphatic heterocycles. The Labute approximate surface area is 311 Å². The Morgan fingerprint density at radius 2 is 1.55 bits per heavy atom. The fourth-order valence-electron chi connectivity index (χ4n) is 5.70. The van der Waals surface area contributed by atoms with Gasteiger partial charge < -0.3 is 44.4 Å². The predicted molar refractivity (Wildman–Crippen MR) is 208 cm³/mol. The summed E-state index contributed by atoms with van der Waals surface area (Å²) >= 11 is 0. The first-order valence-corrected chi connectivity index (χ1v) is 18.5. The molecule has 14 nitrogen and oxygen atoms in total. The number of hydrogen-bond donors (Lipinski definition) is 2. The van der Waals surface area contributed by atoms with Crippen LogP contribution in [-0.4, -0.2) is 163 Å². The third-order valence-corrected chi connectivity index (χ3v) is 8.61. The van der Waals surface area contributed by atoms with Gasteiger partial charge in [-0.1, -0.05) is 61.3 Å². The topological polar surface area (TPSA) is 145 Å². The standard InChI is InChI=1S/C19H41N5O2.C10H19NO2.C5H9NO3.C3H8/c1-10-15(3)18(16(11-2)26-9)24(8)17(25)14-21-19(22(5)6)23(7)13-12-20-4;1-8(2)10(13-3)9-5-4-6-11(9)7-12;1-4(6-3-7)5(8)9-2;1-3-2/h15-16,18,20H,10-14H2,1-9H3;7-10H,4-6H2,1-3H3;3-4H,1-2H3,(H,6,7);3H2,1-2H3/t;;4-;/m..0./s1. The Morgan fingerprint density at radius 1 is 0.961 bits per heavy atom. The second kappa shape index (κ2) is 31.7. The molecule has 0 radical (unpaired) electrons. The maximum atomic E-state index is 12.8. The number of guanidine groups is 1. The molecule has 51 heavy (non-hydrogen) atoms. The summed E-state index contributed by atoms with van der Waals surface area (Å²) in [6.45, 7) is 19.2. The number of esters is 1. The summed E-state index contributed by atoms with van der Waals surface area (Å²) in [4.78, 5) is 56.0. The van der Waals surface area contributed by atoms with Gasteiger partial charge in [0.05, 0.1) is 31.4 Å². The van der Waals surface area contributed by atoms with Gasteiger partial charge in [0, 0.05) is 62.0 Å². The normalized spacial score (nSPS) is 16.7. The van der Waals surface area contributed by atoms with Crippen LogP contribution in [0.15, 0.2) is 4.99 Å². The van der Waals surface area contributed by atoms with Gasteiger partial charge in [-0.25, -0.2) is 9.79 Å². The minimum atomic E-state index is -0.549. The van der Waals surface area contributed by atoms with Crippen molar-refractivity contribution in [2.75, 3.05) is 82.7 Å². The van der Waals surface area contributed by atoms with E-state index in [1.54, 1.807) is 21.1 Å². The summed E-state index contributed by atoms with van der Waals surface area (Å²) in [6, 6.07) is -0.197. The number of likely N-dealkylation sites (N-methyl/N-ethyl adjacent to an activating group) is 3. The number of nitrogens with zero attached hydrogens (tertiary/aromatic N) is 5. The van der Waals surface area contributed by atoms with E-state index in [0.29, 0.717) is 24.3 Å². The average Bonchev–Trinajstić information content (AvgIpc) is 3.58. The molecule has 302 valence electrons. The quantitative estimate of drug-likeness (QED) is 0.0933. The highest BCUT2D eigenvalue weighted by Crippen LogP contribution is 2.24. The largest absolute Gasteiger partial charge is 0.467 e. The molecule has 1 fully saturated rings. The fraction of sp³-hybridized carbons (Fsp3) is 0.865. The van der Waals surface area contributed by atoms with E-state index in [9.17, 15) is 19.2 Å². The van der Waals surface area contributed by atoms with Crippen molar-refractivity contribution >= 4 is 30.7 Å². The van der Waals surface area contributed by atoms with E-state index in [0.717, 1.165) is 57.7 Å². The van der Waals surface area contributed by atoms with Crippen LogP contribution in [0.5, 0.6) is 0 Å². The fourth-order valence-corrected chi connectivity index (χ4v) is 5.70. The highest BCUT2D eigenvalue weighted by Gasteiger charge is 2.33. The first-order chi connectivity index (χ1) is 24.1. The summed E-state index contributed by atoms with van der Waals surface area (Å²) in [5.41, 5.74) is 0. The van der Waals surface area contributed by atoms with Crippen LogP contribution in [0.4, 0.5) is 0 Å². The monoisotopic (exact) mass is 732 g/mol. The zero-order chi connectivity index (χ0) is 40.1. The molecule has 0 bridgehead atoms. The second-order valence-electron chi connectivity index (χ2n) is 13.3. The minimum Gasteiger partial charge on any atom is -0.467 e. The van der Waals surface area contributed by atoms with E-state index in [1.807, 2.05) is 49.9 Å². The summed E-state index contributed by atoms with van der Waals surface area (Å²) in [5, 5.41) is 5.37. The molecule has 0 aromatic carbocycles. The van der Waals surface area contributed by atoms with E-state index < -0.39 is 12.0 Å². The smallest absolute Gasteiger partial charge is 0.328 e. The van der Waals surface area contributed by atoms with Gasteiger partial charge in [0.1, 0.15) is 12.6 Å². The number of methoxy groups -OCH3 is 3. The molecule has 0 aromatic heterocycles. The number of carbonyl (C=O) groups excluding carboxylic acids is 4. The number of aliphatic imine (C=N–C) groups is 1. The lowest BCUT2D eigenvalue weighted by atomic mass is 9.91. The van der Waals surface area contributed by atoms with Gasteiger partial charge in [0.15, 0.2) is 5.96 Å². The molecular formula is C37H77N7O7. The van der Waals surface area contributed by atoms with Crippen LogP contribution in [-0.2, 0) is 33.4 Å². The Hall–Kier alpha value is -2.97.